The molecule has 0 unspecified atom stereocenters. The Hall–Kier alpha value is -4.18. The lowest BCUT2D eigenvalue weighted by Gasteiger charge is -2.25. The molecule has 2 aromatic carbocycles. The van der Waals surface area contributed by atoms with Gasteiger partial charge in [0.25, 0.3) is 0 Å². The second-order valence-corrected chi connectivity index (χ2v) is 10.2. The quantitative estimate of drug-likeness (QED) is 0.194. The summed E-state index contributed by atoms with van der Waals surface area (Å²) in [7, 11) is 3.77. The molecule has 0 bridgehead atoms. The molecular weight excluding hydrogens is 508 g/mol. The van der Waals surface area contributed by atoms with Crippen molar-refractivity contribution in [1.82, 2.24) is 24.3 Å². The summed E-state index contributed by atoms with van der Waals surface area (Å²) in [6.45, 7) is 5.48. The van der Waals surface area contributed by atoms with Gasteiger partial charge in [-0.15, -0.1) is 0 Å². The molecule has 1 amide bonds. The van der Waals surface area contributed by atoms with Crippen molar-refractivity contribution in [3.63, 3.8) is 0 Å². The lowest BCUT2D eigenvalue weighted by Crippen LogP contribution is -2.38. The number of pyridine rings is 1. The number of rotatable bonds is 13. The van der Waals surface area contributed by atoms with Gasteiger partial charge in [-0.3, -0.25) is 14.6 Å². The van der Waals surface area contributed by atoms with Crippen molar-refractivity contribution in [3.05, 3.63) is 59.9 Å². The van der Waals surface area contributed by atoms with Crippen LogP contribution in [0.5, 0.6) is 5.75 Å². The molecular formula is C30H38N6O4. The van der Waals surface area contributed by atoms with Crippen LogP contribution >= 0.6 is 0 Å². The molecule has 4 rings (SSSR count). The standard InChI is InChI=1S/C30H38N6O4/c1-5-6-12-26-33-28-29(24-10-7-8-11-25(24)32-30(28)31)36(26)18-9-17-35(27(38)20-34(3)4)19-22-13-15-23(16-14-22)40-39-21(2)37/h7-8,10-11,13-16H,5-6,9,12,17-20H2,1-4H3,(H2,31,32). The van der Waals surface area contributed by atoms with Gasteiger partial charge in [-0.25, -0.2) is 14.8 Å². The van der Waals surface area contributed by atoms with Crippen LogP contribution in [-0.2, 0) is 34.0 Å². The predicted molar refractivity (Wildman–Crippen MR) is 155 cm³/mol. The zero-order chi connectivity index (χ0) is 28.6. The molecule has 0 spiro atoms. The highest BCUT2D eigenvalue weighted by molar-refractivity contribution is 6.06. The van der Waals surface area contributed by atoms with Crippen molar-refractivity contribution >= 4 is 39.6 Å². The van der Waals surface area contributed by atoms with E-state index in [1.807, 2.05) is 54.2 Å². The Morgan fingerprint density at radius 1 is 1.02 bits per heavy atom. The number of nitrogens with two attached hydrogens (primary N) is 1. The molecule has 212 valence electrons. The highest BCUT2D eigenvalue weighted by Crippen LogP contribution is 2.29. The van der Waals surface area contributed by atoms with E-state index in [4.69, 9.17) is 15.6 Å². The van der Waals surface area contributed by atoms with E-state index in [1.54, 1.807) is 12.1 Å². The highest BCUT2D eigenvalue weighted by atomic mass is 17.2. The Morgan fingerprint density at radius 3 is 2.48 bits per heavy atom. The Bertz CT molecular complexity index is 1460. The fourth-order valence-electron chi connectivity index (χ4n) is 4.73. The van der Waals surface area contributed by atoms with Crippen LogP contribution in [0.2, 0.25) is 0 Å². The first kappa shape index (κ1) is 28.8. The number of unbranched alkanes of at least 4 members (excludes halogenated alkanes) is 1. The summed E-state index contributed by atoms with van der Waals surface area (Å²) in [5.41, 5.74) is 9.88. The molecule has 0 radical (unpaired) electrons. The number of fused-ring (bicyclic) bond motifs is 3. The van der Waals surface area contributed by atoms with Crippen LogP contribution in [0.1, 0.15) is 44.5 Å². The van der Waals surface area contributed by atoms with Gasteiger partial charge in [-0.2, -0.15) is 0 Å². The number of hydrogen-bond donors (Lipinski definition) is 1. The maximum absolute atomic E-state index is 13.2. The summed E-state index contributed by atoms with van der Waals surface area (Å²) in [4.78, 5) is 47.0. The maximum Gasteiger partial charge on any atom is 0.352 e. The molecule has 0 fully saturated rings. The normalized spacial score (nSPS) is 11.3. The summed E-state index contributed by atoms with van der Waals surface area (Å²) < 4.78 is 2.27. The van der Waals surface area contributed by atoms with Crippen molar-refractivity contribution in [2.75, 3.05) is 32.9 Å². The fraction of sp³-hybridized carbons (Fsp3) is 0.400. The molecule has 0 saturated heterocycles. The number of likely N-dealkylation sites (N-methyl/N-ethyl adjacent to an activating group) is 1. The van der Waals surface area contributed by atoms with Crippen LogP contribution in [0.25, 0.3) is 21.9 Å². The van der Waals surface area contributed by atoms with Crippen molar-refractivity contribution in [2.24, 2.45) is 0 Å². The second-order valence-electron chi connectivity index (χ2n) is 10.2. The van der Waals surface area contributed by atoms with Gasteiger partial charge in [0.15, 0.2) is 11.6 Å². The third-order valence-corrected chi connectivity index (χ3v) is 6.61. The average Bonchev–Trinajstić information content (AvgIpc) is 3.29. The molecule has 2 aromatic heterocycles. The topological polar surface area (TPSA) is 116 Å². The highest BCUT2D eigenvalue weighted by Gasteiger charge is 2.19. The third-order valence-electron chi connectivity index (χ3n) is 6.61. The molecule has 10 heteroatoms. The number of carbonyl (C=O) groups excluding carboxylic acids is 2. The van der Waals surface area contributed by atoms with Crippen LogP contribution in [0, 0.1) is 0 Å². The second kappa shape index (κ2) is 13.3. The molecule has 10 nitrogen and oxygen atoms in total. The number of imidazole rings is 1. The molecule has 2 N–H and O–H groups in total. The van der Waals surface area contributed by atoms with Gasteiger partial charge in [0.2, 0.25) is 5.91 Å². The molecule has 0 aliphatic carbocycles. The molecule has 2 heterocycles. The number of anilines is 1. The summed E-state index contributed by atoms with van der Waals surface area (Å²) in [5, 5.41) is 1.03. The van der Waals surface area contributed by atoms with E-state index in [-0.39, 0.29) is 5.91 Å². The minimum Gasteiger partial charge on any atom is -0.382 e. The number of aromatic nitrogens is 3. The van der Waals surface area contributed by atoms with Gasteiger partial charge in [0, 0.05) is 38.4 Å². The van der Waals surface area contributed by atoms with E-state index in [0.717, 1.165) is 59.0 Å². The predicted octanol–water partition coefficient (Wildman–Crippen LogP) is 4.35. The van der Waals surface area contributed by atoms with Crippen molar-refractivity contribution < 1.29 is 19.4 Å². The Balaban J connectivity index is 1.56. The number of nitrogen functional groups attached to an aromatic ring is 1. The van der Waals surface area contributed by atoms with Gasteiger partial charge >= 0.3 is 5.97 Å². The minimum absolute atomic E-state index is 0.0471. The lowest BCUT2D eigenvalue weighted by molar-refractivity contribution is -0.210. The van der Waals surface area contributed by atoms with E-state index in [0.29, 0.717) is 37.7 Å². The Morgan fingerprint density at radius 2 is 1.77 bits per heavy atom. The SMILES string of the molecule is CCCCc1nc2c(N)nc3ccccc3c2n1CCCN(Cc1ccc(OOC(C)=O)cc1)C(=O)CN(C)C. The van der Waals surface area contributed by atoms with Crippen molar-refractivity contribution in [1.29, 1.82) is 0 Å². The number of nitrogens with zero attached hydrogens (tertiary/aromatic N) is 5. The zero-order valence-corrected chi connectivity index (χ0v) is 23.7. The lowest BCUT2D eigenvalue weighted by atomic mass is 10.1. The van der Waals surface area contributed by atoms with Gasteiger partial charge in [0.1, 0.15) is 11.3 Å². The van der Waals surface area contributed by atoms with Crippen LogP contribution < -0.4 is 10.6 Å². The van der Waals surface area contributed by atoms with E-state index in [9.17, 15) is 9.59 Å². The molecule has 0 atom stereocenters. The van der Waals surface area contributed by atoms with Crippen LogP contribution in [0.3, 0.4) is 0 Å². The number of amides is 1. The molecule has 0 saturated carbocycles. The van der Waals surface area contributed by atoms with Crippen LogP contribution in [0.4, 0.5) is 5.82 Å². The molecule has 0 aliphatic heterocycles. The maximum atomic E-state index is 13.2. The first-order chi connectivity index (χ1) is 19.3. The number of carbonyl (C=O) groups is 2. The largest absolute Gasteiger partial charge is 0.382 e. The monoisotopic (exact) mass is 546 g/mol. The minimum atomic E-state index is -0.528. The zero-order valence-electron chi connectivity index (χ0n) is 23.7. The summed E-state index contributed by atoms with van der Waals surface area (Å²) in [5.74, 6) is 1.37. The average molecular weight is 547 g/mol. The van der Waals surface area contributed by atoms with E-state index < -0.39 is 5.97 Å². The number of para-hydroxylation sites is 1. The van der Waals surface area contributed by atoms with Gasteiger partial charge in [-0.1, -0.05) is 43.7 Å². The molecule has 4 aromatic rings. The number of benzene rings is 2. The van der Waals surface area contributed by atoms with Crippen LogP contribution in [0.15, 0.2) is 48.5 Å². The van der Waals surface area contributed by atoms with E-state index >= 15 is 0 Å². The van der Waals surface area contributed by atoms with E-state index in [1.165, 1.54) is 6.92 Å². The van der Waals surface area contributed by atoms with Gasteiger partial charge in [-0.05, 0) is 50.7 Å². The van der Waals surface area contributed by atoms with Crippen molar-refractivity contribution in [2.45, 2.75) is 52.6 Å². The Labute approximate surface area is 234 Å². The van der Waals surface area contributed by atoms with Gasteiger partial charge in [0.05, 0.1) is 17.6 Å². The van der Waals surface area contributed by atoms with Crippen molar-refractivity contribution in [3.8, 4) is 5.75 Å². The van der Waals surface area contributed by atoms with Crippen LogP contribution in [-0.4, -0.2) is 63.4 Å². The number of aryl methyl sites for hydroxylation is 2. The smallest absolute Gasteiger partial charge is 0.352 e. The third kappa shape index (κ3) is 7.06. The Kier molecular flexibility index (Phi) is 9.55. The van der Waals surface area contributed by atoms with Gasteiger partial charge < -0.3 is 20.1 Å². The molecule has 0 aliphatic rings. The van der Waals surface area contributed by atoms with E-state index in [2.05, 4.69) is 27.4 Å². The fourth-order valence-corrected chi connectivity index (χ4v) is 4.73. The summed E-state index contributed by atoms with van der Waals surface area (Å²) >= 11 is 0. The molecule has 40 heavy (non-hydrogen) atoms. The number of hydrogen-bond acceptors (Lipinski definition) is 8. The first-order valence-corrected chi connectivity index (χ1v) is 13.7. The summed E-state index contributed by atoms with van der Waals surface area (Å²) in [6.07, 6.45) is 3.69. The first-order valence-electron chi connectivity index (χ1n) is 13.7. The summed E-state index contributed by atoms with van der Waals surface area (Å²) in [6, 6.07) is 15.2.